The molecule has 1 saturated heterocycles. The second-order valence-electron chi connectivity index (χ2n) is 4.24. The summed E-state index contributed by atoms with van der Waals surface area (Å²) in [5.41, 5.74) is 0.108. The Morgan fingerprint density at radius 3 is 3.00 bits per heavy atom. The Labute approximate surface area is 99.6 Å². The minimum Gasteiger partial charge on any atom is -0.377 e. The molecule has 0 aliphatic carbocycles. The molecule has 2 unspecified atom stereocenters. The molecule has 0 amide bonds. The highest BCUT2D eigenvalue weighted by atomic mass is 35.5. The minimum absolute atomic E-state index is 0.108. The molecule has 0 aromatic carbocycles. The van der Waals surface area contributed by atoms with Crippen molar-refractivity contribution in [1.82, 2.24) is 5.32 Å². The van der Waals surface area contributed by atoms with Gasteiger partial charge in [0.1, 0.15) is 0 Å². The van der Waals surface area contributed by atoms with Gasteiger partial charge in [0.25, 0.3) is 0 Å². The van der Waals surface area contributed by atoms with Crippen molar-refractivity contribution in [2.24, 2.45) is 0 Å². The predicted molar refractivity (Wildman–Crippen MR) is 64.6 cm³/mol. The zero-order chi connectivity index (χ0) is 10.9. The van der Waals surface area contributed by atoms with Crippen LogP contribution < -0.4 is 5.32 Å². The van der Waals surface area contributed by atoms with Crippen molar-refractivity contribution >= 4 is 22.9 Å². The molecule has 0 saturated carbocycles. The zero-order valence-electron chi connectivity index (χ0n) is 9.05. The molecule has 1 aliphatic heterocycles. The lowest BCUT2D eigenvalue weighted by molar-refractivity contribution is 0.0882. The molecule has 1 fully saturated rings. The van der Waals surface area contributed by atoms with Gasteiger partial charge in [-0.2, -0.15) is 0 Å². The van der Waals surface area contributed by atoms with Gasteiger partial charge in [0.05, 0.1) is 10.4 Å². The van der Waals surface area contributed by atoms with E-state index in [4.69, 9.17) is 16.3 Å². The average Bonchev–Trinajstić information content (AvgIpc) is 2.73. The molecular formula is C11H16ClNOS. The Hall–Kier alpha value is -0.0900. The molecule has 84 valence electrons. The van der Waals surface area contributed by atoms with Crippen LogP contribution in [-0.2, 0) is 11.3 Å². The van der Waals surface area contributed by atoms with Crippen molar-refractivity contribution in [3.8, 4) is 0 Å². The lowest BCUT2D eigenvalue weighted by Gasteiger charge is -2.28. The maximum absolute atomic E-state index is 5.89. The van der Waals surface area contributed by atoms with Crippen molar-refractivity contribution in [2.45, 2.75) is 38.5 Å². The van der Waals surface area contributed by atoms with Gasteiger partial charge in [-0.05, 0) is 32.4 Å². The Balaban J connectivity index is 1.92. The summed E-state index contributed by atoms with van der Waals surface area (Å²) >= 11 is 7.52. The third-order valence-electron chi connectivity index (χ3n) is 3.18. The molecule has 15 heavy (non-hydrogen) atoms. The van der Waals surface area contributed by atoms with Gasteiger partial charge in [-0.3, -0.25) is 0 Å². The number of halogens is 1. The first-order valence-electron chi connectivity index (χ1n) is 5.21. The van der Waals surface area contributed by atoms with Crippen LogP contribution in [0.15, 0.2) is 12.1 Å². The van der Waals surface area contributed by atoms with Crippen molar-refractivity contribution in [1.29, 1.82) is 0 Å². The van der Waals surface area contributed by atoms with E-state index in [9.17, 15) is 0 Å². The van der Waals surface area contributed by atoms with Crippen LogP contribution in [0.1, 0.15) is 25.1 Å². The molecule has 1 N–H and O–H groups in total. The molecular weight excluding hydrogens is 230 g/mol. The molecule has 2 nitrogen and oxygen atoms in total. The van der Waals surface area contributed by atoms with Crippen molar-refractivity contribution < 1.29 is 4.74 Å². The fourth-order valence-corrected chi connectivity index (χ4v) is 2.83. The third-order valence-corrected chi connectivity index (χ3v) is 4.41. The number of hydrogen-bond donors (Lipinski definition) is 1. The smallest absolute Gasteiger partial charge is 0.0931 e. The van der Waals surface area contributed by atoms with Crippen LogP contribution in [0.3, 0.4) is 0 Å². The SMILES string of the molecule is CC1OCCC1(C)NCc1ccc(Cl)s1. The van der Waals surface area contributed by atoms with Gasteiger partial charge in [-0.25, -0.2) is 0 Å². The molecule has 1 aliphatic rings. The van der Waals surface area contributed by atoms with Crippen LogP contribution in [0.25, 0.3) is 0 Å². The van der Waals surface area contributed by atoms with E-state index in [1.165, 1.54) is 4.88 Å². The molecule has 0 radical (unpaired) electrons. The fraction of sp³-hybridized carbons (Fsp3) is 0.636. The number of ether oxygens (including phenoxy) is 1. The standard InChI is InChI=1S/C11H16ClNOS/c1-8-11(2,5-6-14-8)13-7-9-3-4-10(12)15-9/h3-4,8,13H,5-7H2,1-2H3. The summed E-state index contributed by atoms with van der Waals surface area (Å²) in [6, 6.07) is 4.02. The summed E-state index contributed by atoms with van der Waals surface area (Å²) in [4.78, 5) is 1.28. The Bertz CT molecular complexity index is 341. The highest BCUT2D eigenvalue weighted by Gasteiger charge is 2.36. The van der Waals surface area contributed by atoms with Crippen LogP contribution in [-0.4, -0.2) is 18.2 Å². The van der Waals surface area contributed by atoms with Gasteiger partial charge in [-0.1, -0.05) is 11.6 Å². The lowest BCUT2D eigenvalue weighted by atomic mass is 9.95. The molecule has 2 rings (SSSR count). The minimum atomic E-state index is 0.108. The van der Waals surface area contributed by atoms with E-state index < -0.39 is 0 Å². The van der Waals surface area contributed by atoms with Gasteiger partial charge in [0, 0.05) is 23.6 Å². The Morgan fingerprint density at radius 1 is 1.67 bits per heavy atom. The lowest BCUT2D eigenvalue weighted by Crippen LogP contribution is -2.47. The number of hydrogen-bond acceptors (Lipinski definition) is 3. The van der Waals surface area contributed by atoms with E-state index in [0.717, 1.165) is 23.9 Å². The maximum Gasteiger partial charge on any atom is 0.0931 e. The molecule has 1 aromatic heterocycles. The maximum atomic E-state index is 5.89. The van der Waals surface area contributed by atoms with Gasteiger partial charge in [0.15, 0.2) is 0 Å². The van der Waals surface area contributed by atoms with Crippen LogP contribution in [0.2, 0.25) is 4.34 Å². The molecule has 0 spiro atoms. The highest BCUT2D eigenvalue weighted by molar-refractivity contribution is 7.16. The Morgan fingerprint density at radius 2 is 2.47 bits per heavy atom. The summed E-state index contributed by atoms with van der Waals surface area (Å²) in [5.74, 6) is 0. The van der Waals surface area contributed by atoms with E-state index in [1.807, 2.05) is 6.07 Å². The van der Waals surface area contributed by atoms with Gasteiger partial charge in [0.2, 0.25) is 0 Å². The normalized spacial score (nSPS) is 31.0. The van der Waals surface area contributed by atoms with E-state index in [0.29, 0.717) is 0 Å². The molecule has 2 heterocycles. The van der Waals surface area contributed by atoms with Gasteiger partial charge >= 0.3 is 0 Å². The second-order valence-corrected chi connectivity index (χ2v) is 6.04. The summed E-state index contributed by atoms with van der Waals surface area (Å²) in [6.07, 6.45) is 1.36. The predicted octanol–water partition coefficient (Wildman–Crippen LogP) is 3.06. The zero-order valence-corrected chi connectivity index (χ0v) is 10.6. The van der Waals surface area contributed by atoms with E-state index >= 15 is 0 Å². The average molecular weight is 246 g/mol. The largest absolute Gasteiger partial charge is 0.377 e. The van der Waals surface area contributed by atoms with Gasteiger partial charge < -0.3 is 10.1 Å². The summed E-state index contributed by atoms with van der Waals surface area (Å²) in [5, 5.41) is 3.56. The van der Waals surface area contributed by atoms with Crippen LogP contribution >= 0.6 is 22.9 Å². The number of thiophene rings is 1. The molecule has 2 atom stereocenters. The quantitative estimate of drug-likeness (QED) is 0.884. The fourth-order valence-electron chi connectivity index (χ4n) is 1.80. The third kappa shape index (κ3) is 2.53. The second kappa shape index (κ2) is 4.42. The van der Waals surface area contributed by atoms with Crippen LogP contribution in [0.4, 0.5) is 0 Å². The van der Waals surface area contributed by atoms with Crippen molar-refractivity contribution in [3.05, 3.63) is 21.3 Å². The van der Waals surface area contributed by atoms with E-state index in [-0.39, 0.29) is 11.6 Å². The molecule has 4 heteroatoms. The van der Waals surface area contributed by atoms with Crippen molar-refractivity contribution in [2.75, 3.05) is 6.61 Å². The topological polar surface area (TPSA) is 21.3 Å². The molecule has 0 bridgehead atoms. The summed E-state index contributed by atoms with van der Waals surface area (Å²) in [7, 11) is 0. The Kier molecular flexibility index (Phi) is 3.36. The highest BCUT2D eigenvalue weighted by Crippen LogP contribution is 2.27. The van der Waals surface area contributed by atoms with E-state index in [1.54, 1.807) is 11.3 Å². The molecule has 1 aromatic rings. The van der Waals surface area contributed by atoms with E-state index in [2.05, 4.69) is 25.2 Å². The number of rotatable bonds is 3. The van der Waals surface area contributed by atoms with Gasteiger partial charge in [-0.15, -0.1) is 11.3 Å². The van der Waals surface area contributed by atoms with Crippen molar-refractivity contribution in [3.63, 3.8) is 0 Å². The monoisotopic (exact) mass is 245 g/mol. The first-order chi connectivity index (χ1) is 7.10. The first-order valence-corrected chi connectivity index (χ1v) is 6.40. The number of nitrogens with one attached hydrogen (secondary N) is 1. The van der Waals surface area contributed by atoms with Crippen LogP contribution in [0, 0.1) is 0 Å². The first kappa shape index (κ1) is 11.4. The van der Waals surface area contributed by atoms with Crippen LogP contribution in [0.5, 0.6) is 0 Å². The summed E-state index contributed by atoms with van der Waals surface area (Å²) < 4.78 is 6.43. The summed E-state index contributed by atoms with van der Waals surface area (Å²) in [6.45, 7) is 6.08.